The molecular weight excluding hydrogens is 450 g/mol. The number of aliphatic hydroxyl groups excluding tert-OH is 1. The number of nitrogens with two attached hydrogens (primary N) is 3. The Morgan fingerprint density at radius 2 is 1.71 bits per heavy atom. The van der Waals surface area contributed by atoms with Gasteiger partial charge in [0.05, 0.1) is 18.5 Å². The standard InChI is InChI=1S/C19H33N9O6/c1-9(20)15(30)27-13(6-11-7-23-8-25-11)17(32)26-12(4-3-5-24-19(21)22)16(31)28-14(10(2)29)18(33)34/h7-10,12-14,29H,3-6,20H2,1-2H3,(H,23,25)(H,26,32)(H,27,30)(H,28,31)(H,33,34)(H4,21,22,24). The first-order chi connectivity index (χ1) is 15.9. The smallest absolute Gasteiger partial charge is 0.328 e. The molecule has 190 valence electrons. The third-order valence-electron chi connectivity index (χ3n) is 4.65. The van der Waals surface area contributed by atoms with Crippen LogP contribution in [-0.2, 0) is 25.6 Å². The SMILES string of the molecule is CC(N)C(=O)NC(Cc1cnc[nH]1)C(=O)NC(CCCN=C(N)N)C(=O)NC(C(=O)O)C(C)O. The molecule has 15 heteroatoms. The van der Waals surface area contributed by atoms with E-state index in [2.05, 4.69) is 30.9 Å². The van der Waals surface area contributed by atoms with Crippen LogP contribution in [0.3, 0.4) is 0 Å². The van der Waals surface area contributed by atoms with Gasteiger partial charge in [0.1, 0.15) is 12.1 Å². The van der Waals surface area contributed by atoms with Crippen molar-refractivity contribution in [3.8, 4) is 0 Å². The van der Waals surface area contributed by atoms with Gasteiger partial charge in [0.25, 0.3) is 0 Å². The highest BCUT2D eigenvalue weighted by Crippen LogP contribution is 2.05. The number of rotatable bonds is 14. The molecule has 0 spiro atoms. The summed E-state index contributed by atoms with van der Waals surface area (Å²) in [5, 5.41) is 26.1. The van der Waals surface area contributed by atoms with Crippen molar-refractivity contribution in [2.75, 3.05) is 6.54 Å². The predicted octanol–water partition coefficient (Wildman–Crippen LogP) is -3.73. The van der Waals surface area contributed by atoms with Crippen LogP contribution in [0.2, 0.25) is 0 Å². The van der Waals surface area contributed by atoms with Gasteiger partial charge in [-0.25, -0.2) is 9.78 Å². The Morgan fingerprint density at radius 3 is 2.21 bits per heavy atom. The maximum Gasteiger partial charge on any atom is 0.328 e. The minimum absolute atomic E-state index is 0.0259. The number of nitrogens with zero attached hydrogens (tertiary/aromatic N) is 2. The van der Waals surface area contributed by atoms with Gasteiger partial charge in [-0.3, -0.25) is 19.4 Å². The van der Waals surface area contributed by atoms with Gasteiger partial charge in [0.2, 0.25) is 17.7 Å². The van der Waals surface area contributed by atoms with E-state index in [4.69, 9.17) is 17.2 Å². The number of guanidine groups is 1. The number of imidazole rings is 1. The zero-order chi connectivity index (χ0) is 25.8. The normalized spacial score (nSPS) is 15.2. The third-order valence-corrected chi connectivity index (χ3v) is 4.65. The average Bonchev–Trinajstić information content (AvgIpc) is 3.25. The molecule has 0 aliphatic heterocycles. The largest absolute Gasteiger partial charge is 0.480 e. The van der Waals surface area contributed by atoms with E-state index in [1.807, 2.05) is 0 Å². The Hall–Kier alpha value is -3.72. The number of amides is 3. The van der Waals surface area contributed by atoms with Gasteiger partial charge in [-0.15, -0.1) is 0 Å². The molecule has 34 heavy (non-hydrogen) atoms. The topological polar surface area (TPSA) is 264 Å². The fraction of sp³-hybridized carbons (Fsp3) is 0.579. The summed E-state index contributed by atoms with van der Waals surface area (Å²) in [4.78, 5) is 59.8. The van der Waals surface area contributed by atoms with Crippen LogP contribution < -0.4 is 33.2 Å². The fourth-order valence-corrected chi connectivity index (χ4v) is 2.82. The molecule has 0 radical (unpaired) electrons. The van der Waals surface area contributed by atoms with Crippen molar-refractivity contribution in [2.45, 2.75) is 63.4 Å². The molecule has 0 aliphatic rings. The number of carbonyl (C=O) groups excluding carboxylic acids is 3. The molecule has 3 amide bonds. The van der Waals surface area contributed by atoms with Crippen LogP contribution in [-0.4, -0.2) is 86.6 Å². The second-order valence-corrected chi connectivity index (χ2v) is 7.71. The van der Waals surface area contributed by atoms with Crippen molar-refractivity contribution in [1.82, 2.24) is 25.9 Å². The second-order valence-electron chi connectivity index (χ2n) is 7.71. The van der Waals surface area contributed by atoms with E-state index in [0.717, 1.165) is 0 Å². The molecule has 1 rings (SSSR count). The van der Waals surface area contributed by atoms with E-state index in [1.165, 1.54) is 26.4 Å². The Balaban J connectivity index is 3.05. The maximum absolute atomic E-state index is 13.0. The number of aromatic amines is 1. The highest BCUT2D eigenvalue weighted by Gasteiger charge is 2.31. The number of carbonyl (C=O) groups is 4. The van der Waals surface area contributed by atoms with E-state index < -0.39 is 54.0 Å². The molecule has 5 atom stereocenters. The van der Waals surface area contributed by atoms with Gasteiger partial charge in [-0.05, 0) is 26.7 Å². The molecule has 0 fully saturated rings. The summed E-state index contributed by atoms with van der Waals surface area (Å²) >= 11 is 0. The van der Waals surface area contributed by atoms with Gasteiger partial charge >= 0.3 is 5.97 Å². The summed E-state index contributed by atoms with van der Waals surface area (Å²) < 4.78 is 0. The molecule has 15 nitrogen and oxygen atoms in total. The Morgan fingerprint density at radius 1 is 1.09 bits per heavy atom. The molecule has 1 aromatic rings. The summed E-state index contributed by atoms with van der Waals surface area (Å²) in [5.41, 5.74) is 16.7. The number of nitrogens with one attached hydrogen (secondary N) is 4. The van der Waals surface area contributed by atoms with E-state index in [0.29, 0.717) is 5.69 Å². The number of carboxylic acids is 1. The summed E-state index contributed by atoms with van der Waals surface area (Å²) in [6, 6.07) is -4.81. The van der Waals surface area contributed by atoms with Crippen LogP contribution in [0.5, 0.6) is 0 Å². The lowest BCUT2D eigenvalue weighted by Gasteiger charge is -2.25. The van der Waals surface area contributed by atoms with Crippen molar-refractivity contribution in [3.63, 3.8) is 0 Å². The second kappa shape index (κ2) is 13.7. The molecule has 0 aliphatic carbocycles. The first-order valence-electron chi connectivity index (χ1n) is 10.5. The first kappa shape index (κ1) is 28.3. The van der Waals surface area contributed by atoms with Crippen molar-refractivity contribution < 1.29 is 29.4 Å². The number of hydrogen-bond donors (Lipinski definition) is 9. The fourth-order valence-electron chi connectivity index (χ4n) is 2.82. The highest BCUT2D eigenvalue weighted by atomic mass is 16.4. The molecule has 1 aromatic heterocycles. The molecule has 0 saturated heterocycles. The molecule has 1 heterocycles. The average molecular weight is 484 g/mol. The van der Waals surface area contributed by atoms with Crippen molar-refractivity contribution >= 4 is 29.7 Å². The van der Waals surface area contributed by atoms with E-state index in [-0.39, 0.29) is 31.8 Å². The lowest BCUT2D eigenvalue weighted by molar-refractivity contribution is -0.145. The van der Waals surface area contributed by atoms with E-state index in [9.17, 15) is 29.4 Å². The van der Waals surface area contributed by atoms with Crippen LogP contribution in [0.15, 0.2) is 17.5 Å². The van der Waals surface area contributed by atoms with Gasteiger partial charge in [0, 0.05) is 24.9 Å². The van der Waals surface area contributed by atoms with Crippen molar-refractivity contribution in [1.29, 1.82) is 0 Å². The lowest BCUT2D eigenvalue weighted by atomic mass is 10.1. The number of aliphatic carboxylic acids is 1. The van der Waals surface area contributed by atoms with E-state index >= 15 is 0 Å². The summed E-state index contributed by atoms with van der Waals surface area (Å²) in [5.74, 6) is -3.74. The zero-order valence-electron chi connectivity index (χ0n) is 19.0. The highest BCUT2D eigenvalue weighted by molar-refractivity contribution is 5.94. The quantitative estimate of drug-likeness (QED) is 0.0709. The molecule has 0 saturated carbocycles. The van der Waals surface area contributed by atoms with Crippen LogP contribution in [0.1, 0.15) is 32.4 Å². The molecular formula is C19H33N9O6. The van der Waals surface area contributed by atoms with Crippen molar-refractivity contribution in [3.05, 3.63) is 18.2 Å². The molecule has 0 bridgehead atoms. The van der Waals surface area contributed by atoms with Gasteiger partial charge in [0.15, 0.2) is 12.0 Å². The third kappa shape index (κ3) is 9.83. The van der Waals surface area contributed by atoms with Gasteiger partial charge in [-0.2, -0.15) is 0 Å². The number of carboxylic acid groups (broad SMARTS) is 1. The minimum atomic E-state index is -1.59. The maximum atomic E-state index is 13.0. The monoisotopic (exact) mass is 483 g/mol. The number of aromatic nitrogens is 2. The molecule has 0 aromatic carbocycles. The number of aliphatic hydroxyl groups is 1. The van der Waals surface area contributed by atoms with Gasteiger partial charge in [-0.1, -0.05) is 0 Å². The lowest BCUT2D eigenvalue weighted by Crippen LogP contribution is -2.58. The van der Waals surface area contributed by atoms with Gasteiger partial charge < -0.3 is 48.3 Å². The molecule has 12 N–H and O–H groups in total. The van der Waals surface area contributed by atoms with Crippen LogP contribution >= 0.6 is 0 Å². The van der Waals surface area contributed by atoms with Crippen LogP contribution in [0, 0.1) is 0 Å². The number of H-pyrrole nitrogens is 1. The first-order valence-corrected chi connectivity index (χ1v) is 10.5. The summed E-state index contributed by atoms with van der Waals surface area (Å²) in [6.07, 6.45) is 1.81. The minimum Gasteiger partial charge on any atom is -0.480 e. The Labute approximate surface area is 195 Å². The van der Waals surface area contributed by atoms with Crippen molar-refractivity contribution in [2.24, 2.45) is 22.2 Å². The van der Waals surface area contributed by atoms with Crippen LogP contribution in [0.25, 0.3) is 0 Å². The Kier molecular flexibility index (Phi) is 11.4. The van der Waals surface area contributed by atoms with Crippen LogP contribution in [0.4, 0.5) is 0 Å². The number of aliphatic imine (C=N–C) groups is 1. The zero-order valence-corrected chi connectivity index (χ0v) is 19.0. The van der Waals surface area contributed by atoms with E-state index in [1.54, 1.807) is 0 Å². The Bertz CT molecular complexity index is 852. The predicted molar refractivity (Wildman–Crippen MR) is 121 cm³/mol. The summed E-state index contributed by atoms with van der Waals surface area (Å²) in [7, 11) is 0. The summed E-state index contributed by atoms with van der Waals surface area (Å²) in [6.45, 7) is 2.80. The molecule has 5 unspecified atom stereocenters. The number of hydrogen-bond acceptors (Lipinski definition) is 8.